The van der Waals surface area contributed by atoms with E-state index in [9.17, 15) is 0 Å². The molecule has 0 aromatic heterocycles. The van der Waals surface area contributed by atoms with Crippen LogP contribution in [0.15, 0.2) is 24.3 Å². The summed E-state index contributed by atoms with van der Waals surface area (Å²) >= 11 is 0. The summed E-state index contributed by atoms with van der Waals surface area (Å²) in [6, 6.07) is 8.37. The molecular weight excluding hydrogens is 272 g/mol. The molecule has 0 saturated heterocycles. The van der Waals surface area contributed by atoms with Crippen molar-refractivity contribution in [2.45, 2.75) is 41.5 Å². The number of fused-ring (bicyclic) bond motifs is 1. The predicted molar refractivity (Wildman–Crippen MR) is 94.1 cm³/mol. The summed E-state index contributed by atoms with van der Waals surface area (Å²) in [5.41, 5.74) is 2.36. The number of hydrogen-bond acceptors (Lipinski definition) is 2. The molecule has 2 aromatic carbocycles. The first-order valence-corrected chi connectivity index (χ1v) is 8.19. The Kier molecular flexibility index (Phi) is 5.33. The van der Waals surface area contributed by atoms with Crippen molar-refractivity contribution >= 4 is 10.8 Å². The van der Waals surface area contributed by atoms with Gasteiger partial charge in [-0.15, -0.1) is 0 Å². The van der Waals surface area contributed by atoms with Crippen molar-refractivity contribution in [3.63, 3.8) is 0 Å². The molecule has 22 heavy (non-hydrogen) atoms. The number of hydrogen-bond donors (Lipinski definition) is 0. The van der Waals surface area contributed by atoms with Crippen LogP contribution in [0.3, 0.4) is 0 Å². The lowest BCUT2D eigenvalue weighted by Crippen LogP contribution is -2.09. The molecule has 2 aromatic rings. The molecule has 0 saturated carbocycles. The van der Waals surface area contributed by atoms with Crippen molar-refractivity contribution in [2.75, 3.05) is 13.2 Å². The first-order chi connectivity index (χ1) is 10.4. The second-order valence-corrected chi connectivity index (χ2v) is 6.86. The number of ether oxygens (including phenoxy) is 2. The molecule has 0 aliphatic heterocycles. The average Bonchev–Trinajstić information content (AvgIpc) is 2.47. The van der Waals surface area contributed by atoms with E-state index in [1.54, 1.807) is 0 Å². The minimum Gasteiger partial charge on any atom is -0.492 e. The molecular formula is C20H28O2. The molecule has 0 heterocycles. The second kappa shape index (κ2) is 7.04. The maximum atomic E-state index is 6.12. The third kappa shape index (κ3) is 3.55. The average molecular weight is 300 g/mol. The number of benzene rings is 2. The van der Waals surface area contributed by atoms with Crippen LogP contribution in [-0.4, -0.2) is 13.2 Å². The Labute approximate surface area is 134 Å². The molecule has 0 spiro atoms. The molecule has 0 N–H and O–H groups in total. The first-order valence-electron chi connectivity index (χ1n) is 8.19. The zero-order valence-corrected chi connectivity index (χ0v) is 14.7. The largest absolute Gasteiger partial charge is 0.492 e. The summed E-state index contributed by atoms with van der Waals surface area (Å²) in [4.78, 5) is 0. The molecule has 0 fully saturated rings. The highest BCUT2D eigenvalue weighted by Gasteiger charge is 2.16. The molecule has 0 aliphatic rings. The Morgan fingerprint density at radius 3 is 1.41 bits per heavy atom. The van der Waals surface area contributed by atoms with Gasteiger partial charge in [0.05, 0.1) is 13.2 Å². The van der Waals surface area contributed by atoms with Crippen LogP contribution in [0.2, 0.25) is 0 Å². The zero-order valence-electron chi connectivity index (χ0n) is 14.7. The van der Waals surface area contributed by atoms with Crippen LogP contribution < -0.4 is 9.47 Å². The summed E-state index contributed by atoms with van der Waals surface area (Å²) in [5, 5.41) is 2.29. The SMILES string of the molecule is Cc1c(C)c(OCC(C)C)c2ccccc2c1OCC(C)C. The summed E-state index contributed by atoms with van der Waals surface area (Å²) in [6.07, 6.45) is 0. The fourth-order valence-corrected chi connectivity index (χ4v) is 2.50. The Hall–Kier alpha value is -1.70. The highest BCUT2D eigenvalue weighted by Crippen LogP contribution is 2.40. The number of rotatable bonds is 6. The van der Waals surface area contributed by atoms with E-state index in [-0.39, 0.29) is 0 Å². The molecule has 2 nitrogen and oxygen atoms in total. The zero-order chi connectivity index (χ0) is 16.3. The van der Waals surface area contributed by atoms with E-state index in [4.69, 9.17) is 9.47 Å². The normalized spacial score (nSPS) is 11.5. The minimum atomic E-state index is 0.510. The summed E-state index contributed by atoms with van der Waals surface area (Å²) in [5.74, 6) is 3.02. The van der Waals surface area contributed by atoms with Gasteiger partial charge < -0.3 is 9.47 Å². The molecule has 2 rings (SSSR count). The maximum absolute atomic E-state index is 6.12. The van der Waals surface area contributed by atoms with E-state index >= 15 is 0 Å². The fourth-order valence-electron chi connectivity index (χ4n) is 2.50. The molecule has 0 atom stereocenters. The van der Waals surface area contributed by atoms with E-state index in [1.807, 2.05) is 0 Å². The van der Waals surface area contributed by atoms with E-state index in [2.05, 4.69) is 65.8 Å². The van der Waals surface area contributed by atoms with Crippen molar-refractivity contribution in [2.24, 2.45) is 11.8 Å². The lowest BCUT2D eigenvalue weighted by molar-refractivity contribution is 0.266. The maximum Gasteiger partial charge on any atom is 0.130 e. The van der Waals surface area contributed by atoms with Gasteiger partial charge in [-0.05, 0) is 36.8 Å². The van der Waals surface area contributed by atoms with Crippen LogP contribution in [0.25, 0.3) is 10.8 Å². The van der Waals surface area contributed by atoms with Gasteiger partial charge >= 0.3 is 0 Å². The molecule has 0 aliphatic carbocycles. The molecule has 2 heteroatoms. The van der Waals surface area contributed by atoms with E-state index < -0.39 is 0 Å². The van der Waals surface area contributed by atoms with Gasteiger partial charge in [0.25, 0.3) is 0 Å². The van der Waals surface area contributed by atoms with Crippen LogP contribution in [0.4, 0.5) is 0 Å². The van der Waals surface area contributed by atoms with Crippen molar-refractivity contribution < 1.29 is 9.47 Å². The van der Waals surface area contributed by atoms with Crippen LogP contribution in [0.1, 0.15) is 38.8 Å². The molecule has 0 amide bonds. The summed E-state index contributed by atoms with van der Waals surface area (Å²) in [6.45, 7) is 14.4. The third-order valence-electron chi connectivity index (χ3n) is 3.78. The van der Waals surface area contributed by atoms with Gasteiger partial charge in [-0.1, -0.05) is 52.0 Å². The van der Waals surface area contributed by atoms with Gasteiger partial charge in [-0.25, -0.2) is 0 Å². The Balaban J connectivity index is 2.54. The minimum absolute atomic E-state index is 0.510. The lowest BCUT2D eigenvalue weighted by atomic mass is 9.99. The smallest absolute Gasteiger partial charge is 0.130 e. The first kappa shape index (κ1) is 16.7. The van der Waals surface area contributed by atoms with Crippen molar-refractivity contribution in [1.82, 2.24) is 0 Å². The van der Waals surface area contributed by atoms with Gasteiger partial charge in [-0.3, -0.25) is 0 Å². The van der Waals surface area contributed by atoms with E-state index in [0.29, 0.717) is 11.8 Å². The fraction of sp³-hybridized carbons (Fsp3) is 0.500. The molecule has 120 valence electrons. The van der Waals surface area contributed by atoms with Gasteiger partial charge in [0.1, 0.15) is 11.5 Å². The predicted octanol–water partition coefficient (Wildman–Crippen LogP) is 5.53. The standard InChI is InChI=1S/C20H28O2/c1-13(2)11-21-19-15(5)16(6)20(22-12-14(3)4)18-10-8-7-9-17(18)19/h7-10,13-14H,11-12H2,1-6H3. The van der Waals surface area contributed by atoms with Crippen molar-refractivity contribution in [3.8, 4) is 11.5 Å². The van der Waals surface area contributed by atoms with Crippen molar-refractivity contribution in [1.29, 1.82) is 0 Å². The molecule has 0 bridgehead atoms. The van der Waals surface area contributed by atoms with E-state index in [0.717, 1.165) is 35.5 Å². The Bertz CT molecular complexity index is 585. The quantitative estimate of drug-likeness (QED) is 0.698. The molecule has 0 unspecified atom stereocenters. The summed E-state index contributed by atoms with van der Waals surface area (Å²) < 4.78 is 12.2. The van der Waals surface area contributed by atoms with Gasteiger partial charge in [0.2, 0.25) is 0 Å². The van der Waals surface area contributed by atoms with Crippen molar-refractivity contribution in [3.05, 3.63) is 35.4 Å². The van der Waals surface area contributed by atoms with Crippen LogP contribution in [0, 0.1) is 25.7 Å². The Morgan fingerprint density at radius 1 is 0.727 bits per heavy atom. The summed E-state index contributed by atoms with van der Waals surface area (Å²) in [7, 11) is 0. The van der Waals surface area contributed by atoms with Crippen LogP contribution >= 0.6 is 0 Å². The van der Waals surface area contributed by atoms with Crippen LogP contribution in [0.5, 0.6) is 11.5 Å². The van der Waals surface area contributed by atoms with Crippen LogP contribution in [-0.2, 0) is 0 Å². The monoisotopic (exact) mass is 300 g/mol. The lowest BCUT2D eigenvalue weighted by Gasteiger charge is -2.20. The van der Waals surface area contributed by atoms with Gasteiger partial charge in [0.15, 0.2) is 0 Å². The van der Waals surface area contributed by atoms with Gasteiger partial charge in [0, 0.05) is 10.8 Å². The topological polar surface area (TPSA) is 18.5 Å². The molecule has 0 radical (unpaired) electrons. The Morgan fingerprint density at radius 2 is 1.09 bits per heavy atom. The highest BCUT2D eigenvalue weighted by molar-refractivity contribution is 5.95. The highest BCUT2D eigenvalue weighted by atomic mass is 16.5. The third-order valence-corrected chi connectivity index (χ3v) is 3.78. The van der Waals surface area contributed by atoms with E-state index in [1.165, 1.54) is 11.1 Å². The second-order valence-electron chi connectivity index (χ2n) is 6.86. The van der Waals surface area contributed by atoms with Gasteiger partial charge in [-0.2, -0.15) is 0 Å².